The Balaban J connectivity index is 1.46. The molecule has 200 valence electrons. The number of nitrogens with zero attached hydrogens (tertiary/aromatic N) is 3. The number of hydrogen-bond acceptors (Lipinski definition) is 6. The van der Waals surface area contributed by atoms with E-state index in [-0.39, 0.29) is 42.7 Å². The van der Waals surface area contributed by atoms with Crippen molar-refractivity contribution in [3.05, 3.63) is 80.1 Å². The van der Waals surface area contributed by atoms with Crippen molar-refractivity contribution < 1.29 is 23.5 Å². The Morgan fingerprint density at radius 1 is 1.18 bits per heavy atom. The number of rotatable bonds is 6. The van der Waals surface area contributed by atoms with Crippen molar-refractivity contribution in [3.63, 3.8) is 0 Å². The van der Waals surface area contributed by atoms with Gasteiger partial charge < -0.3 is 25.2 Å². The van der Waals surface area contributed by atoms with E-state index < -0.39 is 24.0 Å². The number of halogens is 2. The molecule has 13 heteroatoms. The Morgan fingerprint density at radius 2 is 1.97 bits per heavy atom. The van der Waals surface area contributed by atoms with E-state index in [2.05, 4.69) is 10.6 Å². The van der Waals surface area contributed by atoms with Gasteiger partial charge in [0, 0.05) is 50.9 Å². The first kappa shape index (κ1) is 27.1. The zero-order chi connectivity index (χ0) is 27.4. The normalized spacial score (nSPS) is 16.7. The van der Waals surface area contributed by atoms with Crippen LogP contribution in [0, 0.1) is 11.7 Å². The maximum Gasteiger partial charge on any atom is 0.409 e. The number of nitrogens with one attached hydrogen (secondary N) is 2. The number of methoxy groups -OCH3 is 1. The molecule has 3 aromatic rings. The molecule has 2 aromatic heterocycles. The molecule has 1 fully saturated rings. The third-order valence-corrected chi connectivity index (χ3v) is 7.50. The maximum absolute atomic E-state index is 14.8. The van der Waals surface area contributed by atoms with Gasteiger partial charge in [-0.2, -0.15) is 0 Å². The zero-order valence-corrected chi connectivity index (χ0v) is 22.1. The molecule has 1 aliphatic heterocycles. The minimum absolute atomic E-state index is 0.0630. The van der Waals surface area contributed by atoms with Gasteiger partial charge in [-0.3, -0.25) is 14.2 Å². The topological polar surface area (TPSA) is 113 Å². The number of likely N-dealkylation sites (N-methyl/N-ethyl adjacent to an activating group) is 1. The fourth-order valence-electron chi connectivity index (χ4n) is 4.28. The number of aromatic nitrogens is 1. The lowest BCUT2D eigenvalue weighted by molar-refractivity contribution is 0.0936. The minimum Gasteiger partial charge on any atom is -0.453 e. The van der Waals surface area contributed by atoms with Crippen LogP contribution in [0.25, 0.3) is 5.69 Å². The molecular weight excluding hydrogens is 537 g/mol. The lowest BCUT2D eigenvalue weighted by atomic mass is 10.0. The summed E-state index contributed by atoms with van der Waals surface area (Å²) >= 11 is 7.06. The number of thiophene rings is 1. The number of pyridine rings is 1. The summed E-state index contributed by atoms with van der Waals surface area (Å²) in [7, 11) is 2.81. The summed E-state index contributed by atoms with van der Waals surface area (Å²) in [6.45, 7) is 0.517. The van der Waals surface area contributed by atoms with Crippen molar-refractivity contribution in [1.29, 1.82) is 0 Å². The lowest BCUT2D eigenvalue weighted by Crippen LogP contribution is -2.45. The van der Waals surface area contributed by atoms with Crippen LogP contribution in [0.1, 0.15) is 9.67 Å². The summed E-state index contributed by atoms with van der Waals surface area (Å²) in [6.07, 6.45) is 0.931. The molecule has 0 spiro atoms. The predicted octanol–water partition coefficient (Wildman–Crippen LogP) is 3.65. The monoisotopic (exact) mass is 561 g/mol. The number of anilines is 1. The van der Waals surface area contributed by atoms with E-state index in [9.17, 15) is 23.6 Å². The van der Waals surface area contributed by atoms with Gasteiger partial charge in [0.1, 0.15) is 5.82 Å². The number of likely N-dealkylation sites (tertiary alicyclic amines) is 1. The molecule has 3 heterocycles. The molecule has 1 saturated heterocycles. The van der Waals surface area contributed by atoms with Gasteiger partial charge >= 0.3 is 12.1 Å². The summed E-state index contributed by atoms with van der Waals surface area (Å²) in [5.74, 6) is -1.35. The molecule has 2 atom stereocenters. The van der Waals surface area contributed by atoms with Gasteiger partial charge in [-0.25, -0.2) is 14.0 Å². The van der Waals surface area contributed by atoms with Gasteiger partial charge in [-0.05, 0) is 30.3 Å². The van der Waals surface area contributed by atoms with Crippen molar-refractivity contribution >= 4 is 46.7 Å². The number of amides is 4. The number of urea groups is 1. The summed E-state index contributed by atoms with van der Waals surface area (Å²) in [4.78, 5) is 53.0. The van der Waals surface area contributed by atoms with E-state index in [4.69, 9.17) is 16.3 Å². The van der Waals surface area contributed by atoms with Crippen molar-refractivity contribution in [1.82, 2.24) is 19.7 Å². The Morgan fingerprint density at radius 3 is 2.63 bits per heavy atom. The SMILES string of the molecule is COC(=O)N(C)[C@H]1CN(C(=O)Nc2ccc(-n3ccccc3=O)cc2F)CC1CNC(=O)c1ccc(Cl)s1. The van der Waals surface area contributed by atoms with Gasteiger partial charge in [0.2, 0.25) is 0 Å². The van der Waals surface area contributed by atoms with Crippen LogP contribution in [0.4, 0.5) is 19.7 Å². The number of ether oxygens (including phenoxy) is 1. The summed E-state index contributed by atoms with van der Waals surface area (Å²) < 4.78 is 21.4. The number of hydrogen-bond donors (Lipinski definition) is 2. The molecule has 0 saturated carbocycles. The molecule has 38 heavy (non-hydrogen) atoms. The third kappa shape index (κ3) is 5.97. The average Bonchev–Trinajstić information content (AvgIpc) is 3.54. The van der Waals surface area contributed by atoms with Crippen LogP contribution in [-0.2, 0) is 4.74 Å². The minimum atomic E-state index is -0.715. The first-order chi connectivity index (χ1) is 18.2. The third-order valence-electron chi connectivity index (χ3n) is 6.27. The summed E-state index contributed by atoms with van der Waals surface area (Å²) in [5.41, 5.74) is -0.0661. The molecule has 4 rings (SSSR count). The quantitative estimate of drug-likeness (QED) is 0.477. The smallest absolute Gasteiger partial charge is 0.409 e. The number of carbonyl (C=O) groups is 3. The highest BCUT2D eigenvalue weighted by Gasteiger charge is 2.40. The fourth-order valence-corrected chi connectivity index (χ4v) is 5.24. The van der Waals surface area contributed by atoms with Crippen molar-refractivity contribution in [2.75, 3.05) is 39.1 Å². The van der Waals surface area contributed by atoms with E-state index in [1.807, 2.05) is 0 Å². The van der Waals surface area contributed by atoms with Crippen molar-refractivity contribution in [3.8, 4) is 5.69 Å². The molecule has 2 N–H and O–H groups in total. The standard InChI is InChI=1S/C25H25ClFN5O5S/c1-30(25(36)37-2)19-14-31(13-15(19)12-28-23(34)20-8-9-21(26)38-20)24(35)29-18-7-6-16(11-17(18)27)32-10-4-3-5-22(32)33/h3-11,15,19H,12-14H2,1-2H3,(H,28,34)(H,29,35)/t15?,19-/m0/s1. The first-order valence-electron chi connectivity index (χ1n) is 11.6. The Labute approximate surface area is 226 Å². The van der Waals surface area contributed by atoms with Gasteiger partial charge in [-0.1, -0.05) is 17.7 Å². The highest BCUT2D eigenvalue weighted by molar-refractivity contribution is 7.18. The molecule has 1 aromatic carbocycles. The Kier molecular flexibility index (Phi) is 8.32. The van der Waals surface area contributed by atoms with Crippen LogP contribution in [0.5, 0.6) is 0 Å². The van der Waals surface area contributed by atoms with Crippen LogP contribution in [0.15, 0.2) is 59.5 Å². The molecule has 1 unspecified atom stereocenters. The highest BCUT2D eigenvalue weighted by Crippen LogP contribution is 2.25. The van der Waals surface area contributed by atoms with Crippen molar-refractivity contribution in [2.24, 2.45) is 5.92 Å². The predicted molar refractivity (Wildman–Crippen MR) is 142 cm³/mol. The zero-order valence-electron chi connectivity index (χ0n) is 20.5. The second-order valence-corrected chi connectivity index (χ2v) is 10.3. The maximum atomic E-state index is 14.8. The second-order valence-electron chi connectivity index (χ2n) is 8.63. The van der Waals surface area contributed by atoms with E-state index >= 15 is 0 Å². The average molecular weight is 562 g/mol. The molecule has 1 aliphatic rings. The van der Waals surface area contributed by atoms with Gasteiger partial charge in [0.05, 0.1) is 33.7 Å². The van der Waals surface area contributed by atoms with Crippen molar-refractivity contribution in [2.45, 2.75) is 6.04 Å². The molecule has 4 amide bonds. The summed E-state index contributed by atoms with van der Waals surface area (Å²) in [5, 5.41) is 5.38. The van der Waals surface area contributed by atoms with Crippen LogP contribution < -0.4 is 16.2 Å². The molecule has 0 aliphatic carbocycles. The van der Waals surface area contributed by atoms with Crippen LogP contribution in [0.3, 0.4) is 0 Å². The van der Waals surface area contributed by atoms with Crippen LogP contribution in [0.2, 0.25) is 4.34 Å². The van der Waals surface area contributed by atoms with E-state index in [1.165, 1.54) is 45.9 Å². The van der Waals surface area contributed by atoms with E-state index in [0.29, 0.717) is 14.9 Å². The van der Waals surface area contributed by atoms with Gasteiger partial charge in [0.25, 0.3) is 11.5 Å². The number of carbonyl (C=O) groups excluding carboxylic acids is 3. The highest BCUT2D eigenvalue weighted by atomic mass is 35.5. The largest absolute Gasteiger partial charge is 0.453 e. The Bertz CT molecular complexity index is 1410. The lowest BCUT2D eigenvalue weighted by Gasteiger charge is -2.27. The van der Waals surface area contributed by atoms with Gasteiger partial charge in [0.15, 0.2) is 0 Å². The van der Waals surface area contributed by atoms with Crippen LogP contribution in [-0.4, -0.2) is 72.2 Å². The number of benzene rings is 1. The molecule has 0 bridgehead atoms. The Hall–Kier alpha value is -3.90. The van der Waals surface area contributed by atoms with E-state index in [1.54, 1.807) is 31.3 Å². The fraction of sp³-hybridized carbons (Fsp3) is 0.280. The molecular formula is C25H25ClFN5O5S. The van der Waals surface area contributed by atoms with E-state index in [0.717, 1.165) is 17.4 Å². The second kappa shape index (κ2) is 11.7. The molecule has 0 radical (unpaired) electrons. The van der Waals surface area contributed by atoms with Crippen LogP contribution >= 0.6 is 22.9 Å². The molecule has 10 nitrogen and oxygen atoms in total. The first-order valence-corrected chi connectivity index (χ1v) is 12.7. The summed E-state index contributed by atoms with van der Waals surface area (Å²) in [6, 6.07) is 10.9. The van der Waals surface area contributed by atoms with Gasteiger partial charge in [-0.15, -0.1) is 11.3 Å².